The van der Waals surface area contributed by atoms with Crippen molar-refractivity contribution in [1.29, 1.82) is 0 Å². The van der Waals surface area contributed by atoms with Gasteiger partial charge in [-0.15, -0.1) is 0 Å². The molecular weight excluding hydrogens is 529 g/mol. The fourth-order valence-electron chi connectivity index (χ4n) is 4.26. The molecule has 8 nitrogen and oxygen atoms in total. The summed E-state index contributed by atoms with van der Waals surface area (Å²) in [5.74, 6) is -1.51. The molecule has 3 aromatic carbocycles. The Hall–Kier alpha value is -3.28. The van der Waals surface area contributed by atoms with Crippen LogP contribution in [0.4, 0.5) is 15.8 Å². The van der Waals surface area contributed by atoms with Gasteiger partial charge in [-0.2, -0.15) is 4.31 Å². The van der Waals surface area contributed by atoms with Crippen LogP contribution in [-0.2, 0) is 24.8 Å². The van der Waals surface area contributed by atoms with Crippen molar-refractivity contribution in [2.45, 2.75) is 42.4 Å². The Morgan fingerprint density at radius 3 is 2.03 bits per heavy atom. The van der Waals surface area contributed by atoms with E-state index in [1.165, 1.54) is 58.9 Å². The van der Waals surface area contributed by atoms with Crippen molar-refractivity contribution >= 4 is 37.3 Å². The van der Waals surface area contributed by atoms with E-state index >= 15 is 0 Å². The highest BCUT2D eigenvalue weighted by molar-refractivity contribution is 7.92. The number of anilines is 2. The third kappa shape index (κ3) is 6.23. The summed E-state index contributed by atoms with van der Waals surface area (Å²) in [6, 6.07) is 17.1. The summed E-state index contributed by atoms with van der Waals surface area (Å²) in [4.78, 5) is 13.0. The molecule has 0 bridgehead atoms. The van der Waals surface area contributed by atoms with E-state index in [4.69, 9.17) is 0 Å². The molecule has 0 unspecified atom stereocenters. The van der Waals surface area contributed by atoms with E-state index in [1.54, 1.807) is 12.1 Å². The van der Waals surface area contributed by atoms with Gasteiger partial charge in [-0.3, -0.25) is 9.10 Å². The van der Waals surface area contributed by atoms with Crippen LogP contribution in [0.25, 0.3) is 0 Å². The maximum atomic E-state index is 14.7. The van der Waals surface area contributed by atoms with Crippen LogP contribution >= 0.6 is 0 Å². The SMILES string of the molecule is Cc1ccc(S(=O)(=O)N(CC(=O)Nc2ccc(S(=O)(=O)N3CCCCCC3)cc2)c2ccccc2F)cc1. The van der Waals surface area contributed by atoms with Gasteiger partial charge >= 0.3 is 0 Å². The van der Waals surface area contributed by atoms with Crippen LogP contribution in [0, 0.1) is 12.7 Å². The quantitative estimate of drug-likeness (QED) is 0.437. The molecule has 0 aromatic heterocycles. The van der Waals surface area contributed by atoms with E-state index in [9.17, 15) is 26.0 Å². The van der Waals surface area contributed by atoms with Crippen molar-refractivity contribution in [2.24, 2.45) is 0 Å². The lowest BCUT2D eigenvalue weighted by Gasteiger charge is -2.24. The number of halogens is 1. The van der Waals surface area contributed by atoms with E-state index in [-0.39, 0.29) is 21.2 Å². The van der Waals surface area contributed by atoms with Crippen LogP contribution in [0.2, 0.25) is 0 Å². The highest BCUT2D eigenvalue weighted by atomic mass is 32.2. The summed E-state index contributed by atoms with van der Waals surface area (Å²) in [6.07, 6.45) is 3.63. The monoisotopic (exact) mass is 559 g/mol. The topological polar surface area (TPSA) is 104 Å². The lowest BCUT2D eigenvalue weighted by molar-refractivity contribution is -0.114. The molecule has 0 radical (unpaired) electrons. The molecular formula is C27H30FN3O5S2. The van der Waals surface area contributed by atoms with Gasteiger partial charge in [0, 0.05) is 18.8 Å². The zero-order chi connectivity index (χ0) is 27.3. The highest BCUT2D eigenvalue weighted by Crippen LogP contribution is 2.27. The minimum atomic E-state index is -4.27. The summed E-state index contributed by atoms with van der Waals surface area (Å²) in [5, 5.41) is 2.59. The number of amides is 1. The first-order valence-electron chi connectivity index (χ1n) is 12.3. The van der Waals surface area contributed by atoms with Gasteiger partial charge in [0.05, 0.1) is 15.5 Å². The van der Waals surface area contributed by atoms with Crippen LogP contribution in [0.1, 0.15) is 31.2 Å². The summed E-state index contributed by atoms with van der Waals surface area (Å²) < 4.78 is 69.7. The third-order valence-electron chi connectivity index (χ3n) is 6.36. The maximum absolute atomic E-state index is 14.7. The van der Waals surface area contributed by atoms with E-state index in [0.29, 0.717) is 13.1 Å². The normalized spacial score (nSPS) is 15.0. The second-order valence-electron chi connectivity index (χ2n) is 9.17. The molecule has 38 heavy (non-hydrogen) atoms. The molecule has 0 spiro atoms. The molecule has 0 saturated carbocycles. The Kier molecular flexibility index (Phi) is 8.49. The van der Waals surface area contributed by atoms with E-state index in [1.807, 2.05) is 6.92 Å². The van der Waals surface area contributed by atoms with Crippen LogP contribution in [-0.4, -0.2) is 46.7 Å². The standard InChI is InChI=1S/C27H30FN3O5S2/c1-21-10-14-24(15-11-21)38(35,36)31(26-9-5-4-8-25(26)28)20-27(32)29-22-12-16-23(17-13-22)37(33,34)30-18-6-2-3-7-19-30/h4-5,8-17H,2-3,6-7,18-20H2,1H3,(H,29,32). The lowest BCUT2D eigenvalue weighted by Crippen LogP contribution is -2.38. The molecule has 11 heteroatoms. The molecule has 1 aliphatic rings. The van der Waals surface area contributed by atoms with Gasteiger partial charge in [0.15, 0.2) is 0 Å². The van der Waals surface area contributed by atoms with Gasteiger partial charge in [-0.05, 0) is 68.3 Å². The Balaban J connectivity index is 1.54. The second-order valence-corrected chi connectivity index (χ2v) is 13.0. The van der Waals surface area contributed by atoms with Gasteiger partial charge in [-0.25, -0.2) is 21.2 Å². The number of rotatable bonds is 8. The average molecular weight is 560 g/mol. The van der Waals surface area contributed by atoms with E-state index in [2.05, 4.69) is 5.32 Å². The number of carbonyl (C=O) groups is 1. The number of nitrogens with one attached hydrogen (secondary N) is 1. The Morgan fingerprint density at radius 1 is 0.842 bits per heavy atom. The Morgan fingerprint density at radius 2 is 1.42 bits per heavy atom. The zero-order valence-electron chi connectivity index (χ0n) is 21.0. The predicted molar refractivity (Wildman–Crippen MR) is 144 cm³/mol. The number of hydrogen-bond donors (Lipinski definition) is 1. The Bertz CT molecular complexity index is 1480. The lowest BCUT2D eigenvalue weighted by atomic mass is 10.2. The molecule has 202 valence electrons. The van der Waals surface area contributed by atoms with Gasteiger partial charge in [-0.1, -0.05) is 42.7 Å². The first-order valence-corrected chi connectivity index (χ1v) is 15.2. The van der Waals surface area contributed by atoms with Crippen molar-refractivity contribution in [1.82, 2.24) is 4.31 Å². The molecule has 1 N–H and O–H groups in total. The molecule has 1 heterocycles. The number of aryl methyl sites for hydroxylation is 1. The van der Waals surface area contributed by atoms with Crippen molar-refractivity contribution in [3.63, 3.8) is 0 Å². The number of sulfonamides is 2. The largest absolute Gasteiger partial charge is 0.325 e. The summed E-state index contributed by atoms with van der Waals surface area (Å²) in [6.45, 7) is 2.07. The van der Waals surface area contributed by atoms with Crippen LogP contribution in [0.5, 0.6) is 0 Å². The minimum Gasteiger partial charge on any atom is -0.325 e. The average Bonchev–Trinajstić information content (AvgIpc) is 3.19. The first kappa shape index (κ1) is 27.7. The fourth-order valence-corrected chi connectivity index (χ4v) is 7.21. The fraction of sp³-hybridized carbons (Fsp3) is 0.296. The van der Waals surface area contributed by atoms with Crippen molar-refractivity contribution < 1.29 is 26.0 Å². The molecule has 1 aliphatic heterocycles. The van der Waals surface area contributed by atoms with Gasteiger partial charge in [0.25, 0.3) is 10.0 Å². The first-order chi connectivity index (χ1) is 18.1. The number of nitrogens with zero attached hydrogens (tertiary/aromatic N) is 2. The molecule has 3 aromatic rings. The number of benzene rings is 3. The van der Waals surface area contributed by atoms with E-state index < -0.39 is 38.3 Å². The number of para-hydroxylation sites is 1. The van der Waals surface area contributed by atoms with Gasteiger partial charge in [0.2, 0.25) is 15.9 Å². The zero-order valence-corrected chi connectivity index (χ0v) is 22.6. The summed E-state index contributed by atoms with van der Waals surface area (Å²) in [7, 11) is -7.93. The van der Waals surface area contributed by atoms with Gasteiger partial charge < -0.3 is 5.32 Å². The summed E-state index contributed by atoms with van der Waals surface area (Å²) in [5.41, 5.74) is 0.869. The van der Waals surface area contributed by atoms with Gasteiger partial charge in [0.1, 0.15) is 12.4 Å². The second kappa shape index (κ2) is 11.6. The van der Waals surface area contributed by atoms with Crippen LogP contribution < -0.4 is 9.62 Å². The molecule has 0 atom stereocenters. The third-order valence-corrected chi connectivity index (χ3v) is 10.0. The van der Waals surface area contributed by atoms with Crippen molar-refractivity contribution in [3.8, 4) is 0 Å². The molecule has 1 saturated heterocycles. The molecule has 1 fully saturated rings. The minimum absolute atomic E-state index is 0.0813. The number of hydrogen-bond acceptors (Lipinski definition) is 5. The molecule has 4 rings (SSSR count). The van der Waals surface area contributed by atoms with Crippen molar-refractivity contribution in [2.75, 3.05) is 29.3 Å². The number of carbonyl (C=O) groups excluding carboxylic acids is 1. The predicted octanol–water partition coefficient (Wildman–Crippen LogP) is 4.53. The Labute approximate surface area is 223 Å². The summed E-state index contributed by atoms with van der Waals surface area (Å²) >= 11 is 0. The molecule has 0 aliphatic carbocycles. The van der Waals surface area contributed by atoms with E-state index in [0.717, 1.165) is 41.6 Å². The smallest absolute Gasteiger partial charge is 0.264 e. The highest BCUT2D eigenvalue weighted by Gasteiger charge is 2.29. The van der Waals surface area contributed by atoms with Crippen molar-refractivity contribution in [3.05, 3.63) is 84.2 Å². The molecule has 1 amide bonds. The van der Waals surface area contributed by atoms with Crippen LogP contribution in [0.3, 0.4) is 0 Å². The maximum Gasteiger partial charge on any atom is 0.264 e. The van der Waals surface area contributed by atoms with Crippen LogP contribution in [0.15, 0.2) is 82.6 Å².